The van der Waals surface area contributed by atoms with Crippen LogP contribution in [0.3, 0.4) is 0 Å². The van der Waals surface area contributed by atoms with Crippen LogP contribution < -0.4 is 5.32 Å². The Kier molecular flexibility index (Phi) is 4.55. The van der Waals surface area contributed by atoms with Gasteiger partial charge in [-0.05, 0) is 39.2 Å². The van der Waals surface area contributed by atoms with Crippen LogP contribution >= 0.6 is 0 Å². The zero-order valence-corrected chi connectivity index (χ0v) is 13.9. The fourth-order valence-electron chi connectivity index (χ4n) is 3.10. The van der Waals surface area contributed by atoms with E-state index in [0.29, 0.717) is 6.04 Å². The van der Waals surface area contributed by atoms with E-state index in [2.05, 4.69) is 56.0 Å². The van der Waals surface area contributed by atoms with Crippen molar-refractivity contribution in [3.63, 3.8) is 0 Å². The Morgan fingerprint density at radius 2 is 2.15 bits per heavy atom. The molecule has 114 valence electrons. The lowest BCUT2D eigenvalue weighted by atomic mass is 9.93. The topological polar surface area (TPSA) is 33.1 Å². The van der Waals surface area contributed by atoms with E-state index in [1.165, 1.54) is 12.1 Å². The highest BCUT2D eigenvalue weighted by Crippen LogP contribution is 2.23. The Bertz CT molecular complexity index is 447. The Morgan fingerprint density at radius 3 is 2.70 bits per heavy atom. The summed E-state index contributed by atoms with van der Waals surface area (Å²) in [6.07, 6.45) is 1.25. The smallest absolute Gasteiger partial charge is 0.0597 e. The number of nitrogens with zero attached hydrogens (tertiary/aromatic N) is 3. The lowest BCUT2D eigenvalue weighted by Crippen LogP contribution is -2.61. The summed E-state index contributed by atoms with van der Waals surface area (Å²) < 4.78 is 2.02. The van der Waals surface area contributed by atoms with Crippen LogP contribution in [0.15, 0.2) is 6.07 Å². The van der Waals surface area contributed by atoms with Gasteiger partial charge < -0.3 is 5.32 Å². The quantitative estimate of drug-likeness (QED) is 0.917. The Morgan fingerprint density at radius 1 is 1.45 bits per heavy atom. The number of hydrogen-bond acceptors (Lipinski definition) is 3. The zero-order valence-electron chi connectivity index (χ0n) is 13.9. The van der Waals surface area contributed by atoms with Crippen molar-refractivity contribution in [1.29, 1.82) is 0 Å². The van der Waals surface area contributed by atoms with Gasteiger partial charge in [0.05, 0.1) is 11.4 Å². The van der Waals surface area contributed by atoms with E-state index >= 15 is 0 Å². The number of piperazine rings is 1. The number of rotatable bonds is 4. The zero-order chi connectivity index (χ0) is 14.9. The van der Waals surface area contributed by atoms with Gasteiger partial charge in [0.2, 0.25) is 0 Å². The first kappa shape index (κ1) is 15.5. The van der Waals surface area contributed by atoms with Crippen molar-refractivity contribution in [3.8, 4) is 0 Å². The minimum atomic E-state index is 0.200. The van der Waals surface area contributed by atoms with Crippen molar-refractivity contribution in [3.05, 3.63) is 17.5 Å². The number of nitrogens with one attached hydrogen (secondary N) is 1. The van der Waals surface area contributed by atoms with Crippen molar-refractivity contribution in [2.24, 2.45) is 13.0 Å². The summed E-state index contributed by atoms with van der Waals surface area (Å²) in [6, 6.07) is 2.81. The molecule has 1 fully saturated rings. The van der Waals surface area contributed by atoms with Crippen molar-refractivity contribution in [2.45, 2.75) is 59.2 Å². The number of aryl methyl sites for hydroxylation is 2. The molecule has 0 aliphatic carbocycles. The molecule has 0 amide bonds. The summed E-state index contributed by atoms with van der Waals surface area (Å²) in [5.41, 5.74) is 2.61. The number of aromatic nitrogens is 2. The molecule has 4 heteroatoms. The first-order valence-corrected chi connectivity index (χ1v) is 7.76. The van der Waals surface area contributed by atoms with E-state index < -0.39 is 0 Å². The summed E-state index contributed by atoms with van der Waals surface area (Å²) in [5.74, 6) is 0.745. The highest BCUT2D eigenvalue weighted by atomic mass is 15.3. The van der Waals surface area contributed by atoms with Gasteiger partial charge in [0.25, 0.3) is 0 Å². The van der Waals surface area contributed by atoms with Crippen LogP contribution in [-0.2, 0) is 13.6 Å². The second-order valence-corrected chi connectivity index (χ2v) is 7.30. The Labute approximate surface area is 123 Å². The van der Waals surface area contributed by atoms with Crippen molar-refractivity contribution < 1.29 is 0 Å². The van der Waals surface area contributed by atoms with Gasteiger partial charge >= 0.3 is 0 Å². The molecule has 2 rings (SSSR count). The summed E-state index contributed by atoms with van der Waals surface area (Å²) in [6.45, 7) is 14.5. The normalized spacial score (nSPS) is 23.4. The van der Waals surface area contributed by atoms with Gasteiger partial charge in [-0.25, -0.2) is 0 Å². The molecule has 1 atom stereocenters. The van der Waals surface area contributed by atoms with Crippen LogP contribution in [0.1, 0.15) is 45.5 Å². The predicted molar refractivity (Wildman–Crippen MR) is 83.7 cm³/mol. The molecular formula is C16H30N4. The molecule has 0 radical (unpaired) electrons. The molecule has 1 unspecified atom stereocenters. The first-order valence-electron chi connectivity index (χ1n) is 7.76. The molecule has 0 bridgehead atoms. The third kappa shape index (κ3) is 3.61. The Balaban J connectivity index is 2.08. The predicted octanol–water partition coefficient (Wildman–Crippen LogP) is 2.33. The van der Waals surface area contributed by atoms with Gasteiger partial charge in [0.1, 0.15) is 0 Å². The molecule has 1 saturated heterocycles. The largest absolute Gasteiger partial charge is 0.311 e. The van der Waals surface area contributed by atoms with Gasteiger partial charge in [-0.3, -0.25) is 9.58 Å². The maximum Gasteiger partial charge on any atom is 0.0597 e. The van der Waals surface area contributed by atoms with Crippen LogP contribution in [0.25, 0.3) is 0 Å². The third-order valence-electron chi connectivity index (χ3n) is 4.33. The van der Waals surface area contributed by atoms with Gasteiger partial charge in [-0.15, -0.1) is 0 Å². The van der Waals surface area contributed by atoms with Gasteiger partial charge in [-0.1, -0.05) is 13.8 Å². The summed E-state index contributed by atoms with van der Waals surface area (Å²) in [7, 11) is 2.04. The molecule has 0 saturated carbocycles. The van der Waals surface area contributed by atoms with E-state index in [-0.39, 0.29) is 5.54 Å². The molecule has 2 heterocycles. The highest BCUT2D eigenvalue weighted by Gasteiger charge is 2.34. The molecule has 1 aliphatic rings. The van der Waals surface area contributed by atoms with Crippen LogP contribution in [0, 0.1) is 12.8 Å². The lowest BCUT2D eigenvalue weighted by Gasteiger charge is -2.46. The average Bonchev–Trinajstić information content (AvgIpc) is 2.62. The minimum absolute atomic E-state index is 0.200. The maximum absolute atomic E-state index is 4.47. The summed E-state index contributed by atoms with van der Waals surface area (Å²) >= 11 is 0. The van der Waals surface area contributed by atoms with Crippen LogP contribution in [0.4, 0.5) is 0 Å². The lowest BCUT2D eigenvalue weighted by molar-refractivity contribution is 0.0514. The van der Waals surface area contributed by atoms with Gasteiger partial charge in [0.15, 0.2) is 0 Å². The highest BCUT2D eigenvalue weighted by molar-refractivity contribution is 5.10. The monoisotopic (exact) mass is 278 g/mol. The summed E-state index contributed by atoms with van der Waals surface area (Å²) in [4.78, 5) is 2.60. The van der Waals surface area contributed by atoms with Gasteiger partial charge in [0, 0.05) is 38.3 Å². The van der Waals surface area contributed by atoms with Crippen LogP contribution in [0.5, 0.6) is 0 Å². The molecule has 0 aromatic carbocycles. The molecule has 0 spiro atoms. The number of hydrogen-bond donors (Lipinski definition) is 1. The molecule has 1 N–H and O–H groups in total. The average molecular weight is 278 g/mol. The van der Waals surface area contributed by atoms with Crippen LogP contribution in [-0.4, -0.2) is 39.4 Å². The molecule has 1 aromatic heterocycles. The van der Waals surface area contributed by atoms with Gasteiger partial charge in [-0.2, -0.15) is 5.10 Å². The van der Waals surface area contributed by atoms with Crippen molar-refractivity contribution in [1.82, 2.24) is 20.0 Å². The van der Waals surface area contributed by atoms with Crippen molar-refractivity contribution in [2.75, 3.05) is 13.1 Å². The second-order valence-electron chi connectivity index (χ2n) is 7.30. The maximum atomic E-state index is 4.47. The molecule has 1 aliphatic heterocycles. The SMILES string of the molecule is Cc1cc(CN2CC(CC(C)C)NCC2(C)C)n(C)n1. The fourth-order valence-corrected chi connectivity index (χ4v) is 3.10. The fraction of sp³-hybridized carbons (Fsp3) is 0.812. The molecule has 1 aromatic rings. The van der Waals surface area contributed by atoms with Crippen LogP contribution in [0.2, 0.25) is 0 Å². The molecule has 4 nitrogen and oxygen atoms in total. The summed E-state index contributed by atoms with van der Waals surface area (Å²) in [5, 5.41) is 8.18. The first-order chi connectivity index (χ1) is 9.28. The minimum Gasteiger partial charge on any atom is -0.311 e. The second kappa shape index (κ2) is 5.86. The third-order valence-corrected chi connectivity index (χ3v) is 4.33. The van der Waals surface area contributed by atoms with E-state index in [1.807, 2.05) is 11.7 Å². The molecular weight excluding hydrogens is 248 g/mol. The van der Waals surface area contributed by atoms with E-state index in [4.69, 9.17) is 0 Å². The van der Waals surface area contributed by atoms with E-state index in [1.54, 1.807) is 0 Å². The van der Waals surface area contributed by atoms with Crippen molar-refractivity contribution >= 4 is 0 Å². The Hall–Kier alpha value is -0.870. The van der Waals surface area contributed by atoms with E-state index in [9.17, 15) is 0 Å². The standard InChI is InChI=1S/C16H30N4/c1-12(2)7-14-9-20(16(4,5)11-17-14)10-15-8-13(3)18-19(15)6/h8,12,14,17H,7,9-11H2,1-6H3. The van der Waals surface area contributed by atoms with E-state index in [0.717, 1.165) is 31.2 Å². The molecule has 20 heavy (non-hydrogen) atoms.